The number of hydrogen-bond donors (Lipinski definition) is 0. The van der Waals surface area contributed by atoms with Crippen molar-refractivity contribution in [1.29, 1.82) is 0 Å². The number of pyridine rings is 2. The molecular formula is C34H34Cl2N2SiZr-2. The molecule has 0 aliphatic heterocycles. The summed E-state index contributed by atoms with van der Waals surface area (Å²) in [6.45, 7) is 13.2. The quantitative estimate of drug-likeness (QED) is 0.211. The molecule has 40 heavy (non-hydrogen) atoms. The van der Waals surface area contributed by atoms with Gasteiger partial charge in [0.15, 0.2) is 0 Å². The van der Waals surface area contributed by atoms with Gasteiger partial charge in [-0.05, 0) is 35.4 Å². The van der Waals surface area contributed by atoms with Crippen LogP contribution in [0.1, 0.15) is 22.3 Å². The maximum Gasteiger partial charge on any atom is 0.0607 e. The smallest absolute Gasteiger partial charge is 0.0607 e. The van der Waals surface area contributed by atoms with Gasteiger partial charge >= 0.3 is 41.9 Å². The predicted octanol–water partition coefficient (Wildman–Crippen LogP) is 3.27. The van der Waals surface area contributed by atoms with Crippen LogP contribution in [0.4, 0.5) is 0 Å². The summed E-state index contributed by atoms with van der Waals surface area (Å²) >= 11 is 1.74. The van der Waals surface area contributed by atoms with E-state index >= 15 is 0 Å². The zero-order chi connectivity index (χ0) is 27.2. The van der Waals surface area contributed by atoms with Crippen LogP contribution in [0.2, 0.25) is 13.1 Å². The molecule has 0 saturated carbocycles. The van der Waals surface area contributed by atoms with Crippen molar-refractivity contribution >= 4 is 27.0 Å². The molecule has 4 aromatic carbocycles. The molecule has 6 aromatic rings. The van der Waals surface area contributed by atoms with E-state index in [2.05, 4.69) is 111 Å². The van der Waals surface area contributed by atoms with E-state index in [1.54, 1.807) is 23.3 Å². The Balaban J connectivity index is 0.000000237. The normalized spacial score (nSPS) is 10.0. The van der Waals surface area contributed by atoms with Crippen molar-refractivity contribution in [3.63, 3.8) is 0 Å². The SMILES string of the molecule is C[Si](C)=[Zr+2].Cc1cc2c(-c3ccccn3)ccc(C)c2[cH-]1.Cc1cc2c(-c3ccccn3)ccc(C)c2[cH-]1.[Cl-].[Cl-]. The molecule has 0 spiro atoms. The first-order chi connectivity index (χ1) is 18.2. The van der Waals surface area contributed by atoms with Gasteiger partial charge in [-0.2, -0.15) is 12.1 Å². The largest absolute Gasteiger partial charge is 1.00 e. The summed E-state index contributed by atoms with van der Waals surface area (Å²) in [5.74, 6) is 0. The molecule has 0 bridgehead atoms. The molecule has 6 rings (SSSR count). The third-order valence-corrected chi connectivity index (χ3v) is 6.38. The van der Waals surface area contributed by atoms with E-state index in [-0.39, 0.29) is 30.2 Å². The number of rotatable bonds is 2. The van der Waals surface area contributed by atoms with Crippen LogP contribution in [-0.2, 0) is 23.3 Å². The van der Waals surface area contributed by atoms with Crippen LogP contribution < -0.4 is 24.8 Å². The third kappa shape index (κ3) is 8.33. The summed E-state index contributed by atoms with van der Waals surface area (Å²) in [4.78, 5) is 8.88. The van der Waals surface area contributed by atoms with E-state index in [0.717, 1.165) is 11.4 Å². The monoisotopic (exact) mass is 658 g/mol. The number of nitrogens with zero attached hydrogens (tertiary/aromatic N) is 2. The summed E-state index contributed by atoms with van der Waals surface area (Å²) < 4.78 is 0. The van der Waals surface area contributed by atoms with Crippen LogP contribution in [-0.4, -0.2) is 15.4 Å². The van der Waals surface area contributed by atoms with Crippen molar-refractivity contribution < 1.29 is 48.1 Å². The van der Waals surface area contributed by atoms with Gasteiger partial charge in [-0.3, -0.25) is 9.97 Å². The summed E-state index contributed by atoms with van der Waals surface area (Å²) in [5, 5.41) is 5.29. The second kappa shape index (κ2) is 15.6. The Morgan fingerprint density at radius 3 is 1.30 bits per heavy atom. The number of hydrogen-bond acceptors (Lipinski definition) is 2. The fraction of sp³-hybridized carbons (Fsp3) is 0.176. The maximum atomic E-state index is 4.44. The first kappa shape index (κ1) is 33.8. The Morgan fingerprint density at radius 1 is 0.600 bits per heavy atom. The Bertz CT molecular complexity index is 1560. The van der Waals surface area contributed by atoms with Gasteiger partial charge in [0.05, 0.1) is 11.4 Å². The summed E-state index contributed by atoms with van der Waals surface area (Å²) in [5.41, 5.74) is 10.0. The number of fused-ring (bicyclic) bond motifs is 2. The summed E-state index contributed by atoms with van der Waals surface area (Å²) in [6.07, 6.45) is 3.69. The van der Waals surface area contributed by atoms with E-state index in [9.17, 15) is 0 Å². The van der Waals surface area contributed by atoms with Crippen LogP contribution in [0.3, 0.4) is 0 Å². The zero-order valence-corrected chi connectivity index (χ0v) is 28.9. The molecule has 2 heterocycles. The molecule has 0 amide bonds. The van der Waals surface area contributed by atoms with Crippen molar-refractivity contribution in [3.05, 3.63) is 120 Å². The van der Waals surface area contributed by atoms with Gasteiger partial charge in [0.25, 0.3) is 0 Å². The minimum absolute atomic E-state index is 0. The van der Waals surface area contributed by atoms with Gasteiger partial charge < -0.3 is 24.8 Å². The number of aromatic nitrogens is 2. The van der Waals surface area contributed by atoms with Gasteiger partial charge in [-0.1, -0.05) is 52.0 Å². The topological polar surface area (TPSA) is 25.8 Å². The Kier molecular flexibility index (Phi) is 13.2. The van der Waals surface area contributed by atoms with Crippen LogP contribution in [0, 0.1) is 27.7 Å². The molecule has 0 aliphatic carbocycles. The fourth-order valence-electron chi connectivity index (χ4n) is 4.67. The van der Waals surface area contributed by atoms with Crippen LogP contribution in [0.5, 0.6) is 0 Å². The molecule has 0 atom stereocenters. The van der Waals surface area contributed by atoms with Gasteiger partial charge in [-0.15, -0.1) is 68.1 Å². The number of halogens is 2. The molecule has 204 valence electrons. The molecule has 0 radical (unpaired) electrons. The Labute approximate surface area is 266 Å². The zero-order valence-electron chi connectivity index (χ0n) is 23.9. The predicted molar refractivity (Wildman–Crippen MR) is 162 cm³/mol. The van der Waals surface area contributed by atoms with E-state index in [4.69, 9.17) is 0 Å². The average molecular weight is 661 g/mol. The Morgan fingerprint density at radius 2 is 0.975 bits per heavy atom. The minimum Gasteiger partial charge on any atom is -1.00 e. The fourth-order valence-corrected chi connectivity index (χ4v) is 4.67. The maximum absolute atomic E-state index is 4.44. The number of benzene rings is 2. The number of aryl methyl sites for hydroxylation is 4. The van der Waals surface area contributed by atoms with E-state index in [0.29, 0.717) is 0 Å². The van der Waals surface area contributed by atoms with E-state index < -0.39 is 0 Å². The summed E-state index contributed by atoms with van der Waals surface area (Å²) in [7, 11) is 0. The molecule has 2 nitrogen and oxygen atoms in total. The van der Waals surface area contributed by atoms with Gasteiger partial charge in [0.1, 0.15) is 0 Å². The van der Waals surface area contributed by atoms with Gasteiger partial charge in [0.2, 0.25) is 0 Å². The van der Waals surface area contributed by atoms with E-state index in [1.807, 2.05) is 36.7 Å². The standard InChI is InChI=1S/2C16H14N.C2H6Si.2ClH.Zr/c2*1-11-9-14-12(2)6-7-13(15(14)10-11)16-5-3-4-8-17-16;1-3-2;;;/h2*3-10H,1-2H3;1-2H3;2*1H;/q2*-1;;;;+2/p-2. The van der Waals surface area contributed by atoms with Crippen molar-refractivity contribution in [2.45, 2.75) is 40.8 Å². The molecular weight excluding hydrogens is 627 g/mol. The van der Waals surface area contributed by atoms with Crippen molar-refractivity contribution in [1.82, 2.24) is 9.97 Å². The molecule has 0 aliphatic rings. The van der Waals surface area contributed by atoms with Crippen molar-refractivity contribution in [2.75, 3.05) is 0 Å². The van der Waals surface area contributed by atoms with E-state index in [1.165, 1.54) is 54.9 Å². The summed E-state index contributed by atoms with van der Waals surface area (Å²) in [6, 6.07) is 29.7. The Hall–Kier alpha value is -2.36. The molecule has 0 N–H and O–H groups in total. The second-order valence-electron chi connectivity index (χ2n) is 10.0. The van der Waals surface area contributed by atoms with Crippen LogP contribution >= 0.6 is 0 Å². The molecule has 0 fully saturated rings. The van der Waals surface area contributed by atoms with Crippen molar-refractivity contribution in [3.8, 4) is 22.5 Å². The molecule has 0 unspecified atom stereocenters. The third-order valence-electron chi connectivity index (χ3n) is 6.38. The first-order valence-corrected chi connectivity index (χ1v) is 19.1. The molecule has 2 aromatic heterocycles. The molecule has 6 heteroatoms. The minimum atomic E-state index is 0. The van der Waals surface area contributed by atoms with Crippen LogP contribution in [0.15, 0.2) is 97.3 Å². The van der Waals surface area contributed by atoms with Gasteiger partial charge in [0, 0.05) is 12.4 Å². The van der Waals surface area contributed by atoms with Gasteiger partial charge in [-0.25, -0.2) is 0 Å². The first-order valence-electron chi connectivity index (χ1n) is 12.9. The molecule has 0 saturated heterocycles. The van der Waals surface area contributed by atoms with Crippen LogP contribution in [0.25, 0.3) is 44.1 Å². The van der Waals surface area contributed by atoms with Crippen molar-refractivity contribution in [2.24, 2.45) is 0 Å². The average Bonchev–Trinajstić information content (AvgIpc) is 3.49. The second-order valence-corrected chi connectivity index (χ2v) is 19.4.